The van der Waals surface area contributed by atoms with Crippen molar-refractivity contribution in [2.75, 3.05) is 31.8 Å². The van der Waals surface area contributed by atoms with E-state index in [2.05, 4.69) is 5.48 Å². The third kappa shape index (κ3) is 4.73. The van der Waals surface area contributed by atoms with Crippen molar-refractivity contribution < 1.29 is 27.2 Å². The zero-order chi connectivity index (χ0) is 25.3. The number of hydrogen-bond acceptors (Lipinski definition) is 6. The van der Waals surface area contributed by atoms with Crippen molar-refractivity contribution in [2.24, 2.45) is 0 Å². The summed E-state index contributed by atoms with van der Waals surface area (Å²) >= 11 is 0. The number of carbonyl (C=O) groups is 1. The monoisotopic (exact) mass is 494 g/mol. The molecule has 1 heterocycles. The van der Waals surface area contributed by atoms with Crippen LogP contribution in [0.5, 0.6) is 5.75 Å². The lowest BCUT2D eigenvalue weighted by Gasteiger charge is -2.21. The van der Waals surface area contributed by atoms with Crippen LogP contribution in [0.1, 0.15) is 15.9 Å². The Labute approximate surface area is 204 Å². The zero-order valence-corrected chi connectivity index (χ0v) is 20.9. The molecule has 0 saturated heterocycles. The van der Waals surface area contributed by atoms with Gasteiger partial charge < -0.3 is 9.15 Å². The lowest BCUT2D eigenvalue weighted by molar-refractivity contribution is 0.0539. The molecule has 35 heavy (non-hydrogen) atoms. The fourth-order valence-electron chi connectivity index (χ4n) is 3.85. The minimum Gasteiger partial charge on any atom is -0.497 e. The Morgan fingerprint density at radius 1 is 0.971 bits per heavy atom. The Bertz CT molecular complexity index is 1490. The first-order valence-corrected chi connectivity index (χ1v) is 12.6. The van der Waals surface area contributed by atoms with Gasteiger partial charge in [0.15, 0.2) is 0 Å². The third-order valence-corrected chi connectivity index (χ3v) is 6.97. The molecule has 3 aromatic carbocycles. The van der Waals surface area contributed by atoms with Crippen molar-refractivity contribution in [2.45, 2.75) is 6.92 Å². The summed E-state index contributed by atoms with van der Waals surface area (Å²) in [4.78, 5) is 18.0. The third-order valence-electron chi connectivity index (χ3n) is 5.78. The number of anilines is 1. The lowest BCUT2D eigenvalue weighted by Crippen LogP contribution is -2.25. The molecule has 0 radical (unpaired) electrons. The molecular weight excluding hydrogens is 468 g/mol. The van der Waals surface area contributed by atoms with Crippen molar-refractivity contribution in [3.63, 3.8) is 0 Å². The van der Waals surface area contributed by atoms with Crippen LogP contribution in [0, 0.1) is 6.92 Å². The summed E-state index contributed by atoms with van der Waals surface area (Å²) in [6.07, 6.45) is 1.13. The number of furan rings is 1. The van der Waals surface area contributed by atoms with E-state index in [0.717, 1.165) is 17.4 Å². The Morgan fingerprint density at radius 3 is 2.17 bits per heavy atom. The largest absolute Gasteiger partial charge is 0.497 e. The summed E-state index contributed by atoms with van der Waals surface area (Å²) in [5, 5.41) is 0.520. The summed E-state index contributed by atoms with van der Waals surface area (Å²) in [5.41, 5.74) is 6.56. The molecule has 1 aromatic heterocycles. The summed E-state index contributed by atoms with van der Waals surface area (Å²) in [6.45, 7) is 1.97. The second-order valence-electron chi connectivity index (χ2n) is 8.13. The smallest absolute Gasteiger partial charge is 0.279 e. The molecule has 0 spiro atoms. The van der Waals surface area contributed by atoms with Gasteiger partial charge in [0.2, 0.25) is 10.0 Å². The molecule has 1 N–H and O–H groups in total. The summed E-state index contributed by atoms with van der Waals surface area (Å²) in [5.74, 6) is 0.541. The van der Waals surface area contributed by atoms with Gasteiger partial charge in [0.05, 0.1) is 31.7 Å². The van der Waals surface area contributed by atoms with Crippen molar-refractivity contribution in [1.29, 1.82) is 0 Å². The van der Waals surface area contributed by atoms with Gasteiger partial charge >= 0.3 is 0 Å². The molecule has 0 aliphatic rings. The van der Waals surface area contributed by atoms with Crippen molar-refractivity contribution >= 4 is 32.6 Å². The number of fused-ring (bicyclic) bond motifs is 1. The van der Waals surface area contributed by atoms with Gasteiger partial charge in [-0.1, -0.05) is 42.0 Å². The number of rotatable bonds is 7. The number of hydrogen-bond donors (Lipinski definition) is 1. The minimum atomic E-state index is -3.59. The summed E-state index contributed by atoms with van der Waals surface area (Å²) in [7, 11) is 0.820. The second-order valence-corrected chi connectivity index (χ2v) is 10.1. The molecule has 0 aliphatic heterocycles. The number of benzene rings is 3. The quantitative estimate of drug-likeness (QED) is 0.372. The van der Waals surface area contributed by atoms with E-state index in [4.69, 9.17) is 14.0 Å². The van der Waals surface area contributed by atoms with Gasteiger partial charge in [-0.3, -0.25) is 13.9 Å². The van der Waals surface area contributed by atoms with Crippen LogP contribution in [0.3, 0.4) is 0 Å². The molecule has 0 aliphatic carbocycles. The van der Waals surface area contributed by atoms with Gasteiger partial charge in [-0.2, -0.15) is 0 Å². The highest BCUT2D eigenvalue weighted by Crippen LogP contribution is 2.41. The number of carbonyl (C=O) groups excluding carboxylic acids is 1. The van der Waals surface area contributed by atoms with E-state index in [0.29, 0.717) is 39.3 Å². The number of nitrogens with zero attached hydrogens (tertiary/aromatic N) is 1. The number of hydroxylamine groups is 1. The predicted octanol–water partition coefficient (Wildman–Crippen LogP) is 4.77. The SMILES string of the molecule is CONC(=O)c1c(-c2ccc(C)cc2)oc2cc(N(C)S(C)(=O)=O)c(-c3ccc(OC)cc3)cc12. The molecule has 9 heteroatoms. The van der Waals surface area contributed by atoms with E-state index >= 15 is 0 Å². The van der Waals surface area contributed by atoms with Crippen LogP contribution in [0.25, 0.3) is 33.4 Å². The first kappa shape index (κ1) is 24.3. The van der Waals surface area contributed by atoms with Gasteiger partial charge in [-0.15, -0.1) is 0 Å². The first-order valence-electron chi connectivity index (χ1n) is 10.7. The molecule has 0 fully saturated rings. The molecule has 0 unspecified atom stereocenters. The highest BCUT2D eigenvalue weighted by Gasteiger charge is 2.26. The van der Waals surface area contributed by atoms with E-state index < -0.39 is 15.9 Å². The van der Waals surface area contributed by atoms with Crippen LogP contribution in [-0.2, 0) is 14.9 Å². The number of nitrogens with one attached hydrogen (secondary N) is 1. The highest BCUT2D eigenvalue weighted by molar-refractivity contribution is 7.92. The van der Waals surface area contributed by atoms with Gasteiger partial charge in [-0.05, 0) is 30.7 Å². The Balaban J connectivity index is 2.05. The van der Waals surface area contributed by atoms with E-state index in [9.17, 15) is 13.2 Å². The van der Waals surface area contributed by atoms with Gasteiger partial charge in [-0.25, -0.2) is 13.9 Å². The highest BCUT2D eigenvalue weighted by atomic mass is 32.2. The van der Waals surface area contributed by atoms with E-state index in [1.54, 1.807) is 31.4 Å². The average Bonchev–Trinajstić information content (AvgIpc) is 3.21. The molecule has 0 bridgehead atoms. The van der Waals surface area contributed by atoms with Gasteiger partial charge in [0.25, 0.3) is 5.91 Å². The van der Waals surface area contributed by atoms with E-state index in [1.807, 2.05) is 43.3 Å². The molecule has 8 nitrogen and oxygen atoms in total. The molecule has 4 aromatic rings. The summed E-state index contributed by atoms with van der Waals surface area (Å²) in [6, 6.07) is 18.2. The molecular formula is C26H26N2O6S. The zero-order valence-electron chi connectivity index (χ0n) is 20.1. The molecule has 0 saturated carbocycles. The van der Waals surface area contributed by atoms with Crippen molar-refractivity contribution in [3.05, 3.63) is 71.8 Å². The predicted molar refractivity (Wildman–Crippen MR) is 136 cm³/mol. The van der Waals surface area contributed by atoms with Crippen LogP contribution in [0.2, 0.25) is 0 Å². The van der Waals surface area contributed by atoms with E-state index in [-0.39, 0.29) is 5.56 Å². The van der Waals surface area contributed by atoms with Crippen LogP contribution < -0.4 is 14.5 Å². The van der Waals surface area contributed by atoms with Gasteiger partial charge in [0, 0.05) is 29.6 Å². The fourth-order valence-corrected chi connectivity index (χ4v) is 4.36. The maximum Gasteiger partial charge on any atom is 0.279 e. The number of sulfonamides is 1. The Kier molecular flexibility index (Phi) is 6.56. The molecule has 0 atom stereocenters. The van der Waals surface area contributed by atoms with Crippen LogP contribution in [0.15, 0.2) is 65.1 Å². The topological polar surface area (TPSA) is 98.1 Å². The maximum atomic E-state index is 13.1. The molecule has 4 rings (SSSR count). The fraction of sp³-hybridized carbons (Fsp3) is 0.192. The minimum absolute atomic E-state index is 0.286. The normalized spacial score (nSPS) is 11.5. The number of amides is 1. The first-order chi connectivity index (χ1) is 16.6. The number of aryl methyl sites for hydroxylation is 1. The Hall–Kier alpha value is -3.82. The maximum absolute atomic E-state index is 13.1. The van der Waals surface area contributed by atoms with Gasteiger partial charge in [0.1, 0.15) is 17.1 Å². The molecule has 1 amide bonds. The van der Waals surface area contributed by atoms with Crippen LogP contribution in [0.4, 0.5) is 5.69 Å². The number of ether oxygens (including phenoxy) is 1. The van der Waals surface area contributed by atoms with Crippen LogP contribution >= 0.6 is 0 Å². The standard InChI is InChI=1S/C26H26N2O6S/c1-16-6-8-18(9-7-16)25-24(26(29)27-33-4)21-14-20(17-10-12-19(32-3)13-11-17)22(15-23(21)34-25)28(2)35(5,30)31/h6-15H,1-5H3,(H,27,29). The Morgan fingerprint density at radius 2 is 1.60 bits per heavy atom. The van der Waals surface area contributed by atoms with E-state index in [1.165, 1.54) is 18.5 Å². The average molecular weight is 495 g/mol. The lowest BCUT2D eigenvalue weighted by atomic mass is 9.98. The van der Waals surface area contributed by atoms with Crippen LogP contribution in [-0.4, -0.2) is 41.8 Å². The second kappa shape index (κ2) is 9.44. The molecule has 182 valence electrons. The summed E-state index contributed by atoms with van der Waals surface area (Å²) < 4.78 is 37.5. The van der Waals surface area contributed by atoms with Crippen molar-refractivity contribution in [1.82, 2.24) is 5.48 Å². The van der Waals surface area contributed by atoms with Crippen molar-refractivity contribution in [3.8, 4) is 28.2 Å². The number of methoxy groups -OCH3 is 1.